The molecule has 5 aromatic rings. The van der Waals surface area contributed by atoms with Crippen molar-refractivity contribution in [3.8, 4) is 11.3 Å². The van der Waals surface area contributed by atoms with Gasteiger partial charge in [-0.3, -0.25) is 9.78 Å². The molecule has 0 radical (unpaired) electrons. The van der Waals surface area contributed by atoms with E-state index in [1.54, 1.807) is 18.5 Å². The highest BCUT2D eigenvalue weighted by Crippen LogP contribution is 2.32. The number of fused-ring (bicyclic) bond motifs is 2. The molecule has 0 saturated carbocycles. The number of morpholine rings is 1. The highest BCUT2D eigenvalue weighted by atomic mass is 16.5. The largest absolute Gasteiger partial charge is 0.422 e. The summed E-state index contributed by atoms with van der Waals surface area (Å²) in [4.78, 5) is 38.5. The van der Waals surface area contributed by atoms with Crippen LogP contribution in [0.4, 0.5) is 11.6 Å². The second-order valence-electron chi connectivity index (χ2n) is 8.81. The standard InChI is InChI=1S/C28H23N5O4/c1-16(34)25-26(24-15-29-11-12-36-24)20-7-6-19(14-23(20)37-27(25)35)32-28-31-10-8-21(33-28)18-5-4-17-3-2-9-30-22(17)13-18/h2-10,13-14,24,29H,11-12,15H2,1H3,(H,31,32,33). The molecule has 6 rings (SSSR count). The summed E-state index contributed by atoms with van der Waals surface area (Å²) in [6.07, 6.45) is 3.02. The van der Waals surface area contributed by atoms with E-state index in [1.807, 2.05) is 48.5 Å². The number of benzene rings is 2. The first-order valence-electron chi connectivity index (χ1n) is 12.0. The van der Waals surface area contributed by atoms with E-state index in [0.29, 0.717) is 47.9 Å². The summed E-state index contributed by atoms with van der Waals surface area (Å²) in [6.45, 7) is 3.08. The smallest absolute Gasteiger partial charge is 0.347 e. The first kappa shape index (κ1) is 23.0. The molecular formula is C28H23N5O4. The van der Waals surface area contributed by atoms with Crippen molar-refractivity contribution >= 4 is 39.3 Å². The number of pyridine rings is 1. The van der Waals surface area contributed by atoms with E-state index < -0.39 is 11.7 Å². The van der Waals surface area contributed by atoms with Crippen LogP contribution in [0.5, 0.6) is 0 Å². The van der Waals surface area contributed by atoms with Gasteiger partial charge >= 0.3 is 5.63 Å². The van der Waals surface area contributed by atoms with Crippen molar-refractivity contribution in [2.24, 2.45) is 0 Å². The van der Waals surface area contributed by atoms with Gasteiger partial charge in [-0.25, -0.2) is 14.8 Å². The van der Waals surface area contributed by atoms with Crippen LogP contribution in [-0.4, -0.2) is 40.4 Å². The number of anilines is 2. The number of rotatable bonds is 5. The normalized spacial score (nSPS) is 15.6. The van der Waals surface area contributed by atoms with Gasteiger partial charge in [-0.05, 0) is 37.3 Å². The fraction of sp³-hybridized carbons (Fsp3) is 0.179. The third-order valence-electron chi connectivity index (χ3n) is 6.36. The fourth-order valence-electron chi connectivity index (χ4n) is 4.66. The SMILES string of the molecule is CC(=O)c1c(C2CNCCO2)c2ccc(Nc3nccc(-c4ccc5cccnc5c4)n3)cc2oc1=O. The Labute approximate surface area is 211 Å². The molecule has 1 aliphatic rings. The van der Waals surface area contributed by atoms with Crippen LogP contribution < -0.4 is 16.3 Å². The molecule has 3 aromatic heterocycles. The average molecular weight is 494 g/mol. The summed E-state index contributed by atoms with van der Waals surface area (Å²) in [6, 6.07) is 17.1. The minimum atomic E-state index is -0.676. The van der Waals surface area contributed by atoms with Crippen LogP contribution in [0.1, 0.15) is 28.9 Å². The summed E-state index contributed by atoms with van der Waals surface area (Å²) in [5.41, 5.74) is 3.44. The van der Waals surface area contributed by atoms with Crippen molar-refractivity contribution in [3.05, 3.63) is 88.5 Å². The maximum Gasteiger partial charge on any atom is 0.347 e. The minimum Gasteiger partial charge on any atom is -0.422 e. The van der Waals surface area contributed by atoms with Crippen LogP contribution in [0, 0.1) is 0 Å². The molecule has 2 aromatic carbocycles. The predicted octanol–water partition coefficient (Wildman–Crippen LogP) is 4.41. The quantitative estimate of drug-likeness (QED) is 0.271. The van der Waals surface area contributed by atoms with Gasteiger partial charge in [0.15, 0.2) is 5.78 Å². The zero-order chi connectivity index (χ0) is 25.4. The number of Topliss-reactive ketones (excluding diaryl/α,β-unsaturated/α-hetero) is 1. The van der Waals surface area contributed by atoms with Crippen molar-refractivity contribution in [2.45, 2.75) is 13.0 Å². The molecule has 0 aliphatic carbocycles. The molecule has 9 heteroatoms. The third kappa shape index (κ3) is 4.46. The van der Waals surface area contributed by atoms with Crippen LogP contribution in [0.25, 0.3) is 33.1 Å². The number of ketones is 1. The molecule has 0 spiro atoms. The summed E-state index contributed by atoms with van der Waals surface area (Å²) >= 11 is 0. The summed E-state index contributed by atoms with van der Waals surface area (Å²) in [5, 5.41) is 8.15. The van der Waals surface area contributed by atoms with Gasteiger partial charge in [0.2, 0.25) is 5.95 Å². The number of nitrogens with zero attached hydrogens (tertiary/aromatic N) is 3. The monoisotopic (exact) mass is 493 g/mol. The first-order valence-corrected chi connectivity index (χ1v) is 12.0. The molecule has 9 nitrogen and oxygen atoms in total. The van der Waals surface area contributed by atoms with E-state index in [2.05, 4.69) is 25.6 Å². The van der Waals surface area contributed by atoms with Gasteiger partial charge in [0, 0.05) is 59.1 Å². The van der Waals surface area contributed by atoms with Crippen molar-refractivity contribution in [1.29, 1.82) is 0 Å². The van der Waals surface area contributed by atoms with E-state index >= 15 is 0 Å². The first-order chi connectivity index (χ1) is 18.1. The molecule has 0 bridgehead atoms. The number of hydrogen-bond acceptors (Lipinski definition) is 9. The highest BCUT2D eigenvalue weighted by molar-refractivity contribution is 6.00. The maximum absolute atomic E-state index is 12.8. The number of carbonyl (C=O) groups is 1. The lowest BCUT2D eigenvalue weighted by Gasteiger charge is -2.26. The molecule has 37 heavy (non-hydrogen) atoms. The molecule has 1 fully saturated rings. The summed E-state index contributed by atoms with van der Waals surface area (Å²) in [7, 11) is 0. The molecule has 4 heterocycles. The third-order valence-corrected chi connectivity index (χ3v) is 6.36. The molecule has 0 amide bonds. The van der Waals surface area contributed by atoms with Gasteiger partial charge in [0.05, 0.1) is 23.9 Å². The Kier molecular flexibility index (Phi) is 5.91. The Morgan fingerprint density at radius 3 is 2.84 bits per heavy atom. The topological polar surface area (TPSA) is 119 Å². The Hall–Kier alpha value is -4.47. The average Bonchev–Trinajstić information content (AvgIpc) is 2.92. The van der Waals surface area contributed by atoms with E-state index in [4.69, 9.17) is 9.15 Å². The Bertz CT molecular complexity index is 1710. The lowest BCUT2D eigenvalue weighted by atomic mass is 9.96. The molecule has 1 aliphatic heterocycles. The Morgan fingerprint density at radius 1 is 1.08 bits per heavy atom. The molecule has 1 unspecified atom stereocenters. The zero-order valence-electron chi connectivity index (χ0n) is 20.0. The number of carbonyl (C=O) groups excluding carboxylic acids is 1. The molecule has 2 N–H and O–H groups in total. The minimum absolute atomic E-state index is 0.0304. The number of hydrogen-bond donors (Lipinski definition) is 2. The highest BCUT2D eigenvalue weighted by Gasteiger charge is 2.27. The number of nitrogens with one attached hydrogen (secondary N) is 2. The van der Waals surface area contributed by atoms with Crippen molar-refractivity contribution in [2.75, 3.05) is 25.0 Å². The van der Waals surface area contributed by atoms with Crippen molar-refractivity contribution in [3.63, 3.8) is 0 Å². The van der Waals surface area contributed by atoms with Gasteiger partial charge in [0.1, 0.15) is 11.1 Å². The lowest BCUT2D eigenvalue weighted by Crippen LogP contribution is -2.35. The van der Waals surface area contributed by atoms with Gasteiger partial charge < -0.3 is 19.8 Å². The Balaban J connectivity index is 1.36. The zero-order valence-corrected chi connectivity index (χ0v) is 20.0. The van der Waals surface area contributed by atoms with E-state index in [-0.39, 0.29) is 11.3 Å². The van der Waals surface area contributed by atoms with Crippen LogP contribution in [0.15, 0.2) is 76.2 Å². The van der Waals surface area contributed by atoms with Crippen molar-refractivity contribution in [1.82, 2.24) is 20.3 Å². The van der Waals surface area contributed by atoms with Gasteiger partial charge in [0.25, 0.3) is 0 Å². The van der Waals surface area contributed by atoms with Gasteiger partial charge in [-0.15, -0.1) is 0 Å². The van der Waals surface area contributed by atoms with Crippen LogP contribution >= 0.6 is 0 Å². The molecule has 1 atom stereocenters. The Morgan fingerprint density at radius 2 is 2.00 bits per heavy atom. The number of aromatic nitrogens is 3. The maximum atomic E-state index is 12.8. The van der Waals surface area contributed by atoms with Crippen LogP contribution in [0.3, 0.4) is 0 Å². The second kappa shape index (κ2) is 9.53. The van der Waals surface area contributed by atoms with Crippen molar-refractivity contribution < 1.29 is 13.9 Å². The lowest BCUT2D eigenvalue weighted by molar-refractivity contribution is 0.0277. The van der Waals surface area contributed by atoms with E-state index in [0.717, 1.165) is 22.2 Å². The fourth-order valence-corrected chi connectivity index (χ4v) is 4.66. The van der Waals surface area contributed by atoms with Crippen LogP contribution in [-0.2, 0) is 4.74 Å². The second-order valence-corrected chi connectivity index (χ2v) is 8.81. The summed E-state index contributed by atoms with van der Waals surface area (Å²) < 4.78 is 11.4. The van der Waals surface area contributed by atoms with Gasteiger partial charge in [-0.1, -0.05) is 18.2 Å². The molecule has 184 valence electrons. The van der Waals surface area contributed by atoms with E-state index in [1.165, 1.54) is 6.92 Å². The molecular weight excluding hydrogens is 470 g/mol. The van der Waals surface area contributed by atoms with Gasteiger partial charge in [-0.2, -0.15) is 0 Å². The number of ether oxygens (including phenoxy) is 1. The molecule has 1 saturated heterocycles. The predicted molar refractivity (Wildman–Crippen MR) is 140 cm³/mol. The summed E-state index contributed by atoms with van der Waals surface area (Å²) in [5.74, 6) is 0.0387. The van der Waals surface area contributed by atoms with E-state index in [9.17, 15) is 9.59 Å². The van der Waals surface area contributed by atoms with Crippen LogP contribution in [0.2, 0.25) is 0 Å².